The van der Waals surface area contributed by atoms with Crippen LogP contribution in [0.15, 0.2) is 53.5 Å². The average molecular weight is 322 g/mol. The minimum Gasteiger partial charge on any atom is -0.319 e. The lowest BCUT2D eigenvalue weighted by atomic mass is 10.1. The van der Waals surface area contributed by atoms with Gasteiger partial charge in [-0.15, -0.1) is 0 Å². The van der Waals surface area contributed by atoms with E-state index < -0.39 is 0 Å². The molecule has 0 N–H and O–H groups in total. The van der Waals surface area contributed by atoms with Gasteiger partial charge in [0.1, 0.15) is 0 Å². The zero-order chi connectivity index (χ0) is 16.4. The molecule has 1 amide bonds. The standard InChI is InChI=1S/C19H18N2OS/c1-13-9-10-14(2)18-17(13)21(3)19(23-18)20-16(22)12-11-15-7-5-4-6-8-15/h4-12H,1-3H3. The minimum atomic E-state index is -0.244. The van der Waals surface area contributed by atoms with Crippen LogP contribution in [0, 0.1) is 13.8 Å². The van der Waals surface area contributed by atoms with Crippen molar-refractivity contribution in [3.8, 4) is 0 Å². The van der Waals surface area contributed by atoms with Crippen LogP contribution in [0.2, 0.25) is 0 Å². The molecule has 0 aliphatic carbocycles. The number of thiazole rings is 1. The number of nitrogens with zero attached hydrogens (tertiary/aromatic N) is 2. The molecule has 0 aliphatic rings. The highest BCUT2D eigenvalue weighted by molar-refractivity contribution is 7.16. The summed E-state index contributed by atoms with van der Waals surface area (Å²) < 4.78 is 3.18. The molecule has 1 aromatic heterocycles. The normalized spacial score (nSPS) is 12.4. The summed E-state index contributed by atoms with van der Waals surface area (Å²) in [4.78, 5) is 17.1. The molecular weight excluding hydrogens is 304 g/mol. The van der Waals surface area contributed by atoms with Crippen molar-refractivity contribution in [2.24, 2.45) is 12.0 Å². The number of hydrogen-bond donors (Lipinski definition) is 0. The number of aryl methyl sites for hydroxylation is 3. The number of amides is 1. The van der Waals surface area contributed by atoms with E-state index in [-0.39, 0.29) is 5.91 Å². The van der Waals surface area contributed by atoms with Crippen molar-refractivity contribution in [1.29, 1.82) is 0 Å². The molecule has 3 aromatic rings. The van der Waals surface area contributed by atoms with Gasteiger partial charge in [-0.2, -0.15) is 4.99 Å². The van der Waals surface area contributed by atoms with Crippen LogP contribution in [-0.4, -0.2) is 10.5 Å². The second-order valence-electron chi connectivity index (χ2n) is 5.51. The first-order valence-corrected chi connectivity index (χ1v) is 8.25. The van der Waals surface area contributed by atoms with E-state index in [1.54, 1.807) is 17.4 Å². The number of carbonyl (C=O) groups excluding carboxylic acids is 1. The Morgan fingerprint density at radius 2 is 1.78 bits per heavy atom. The van der Waals surface area contributed by atoms with Gasteiger partial charge in [0, 0.05) is 13.1 Å². The Morgan fingerprint density at radius 3 is 2.48 bits per heavy atom. The predicted molar refractivity (Wildman–Crippen MR) is 96.3 cm³/mol. The molecule has 0 unspecified atom stereocenters. The molecule has 116 valence electrons. The van der Waals surface area contributed by atoms with E-state index in [0.29, 0.717) is 0 Å². The van der Waals surface area contributed by atoms with Crippen LogP contribution >= 0.6 is 11.3 Å². The molecule has 0 aliphatic heterocycles. The molecule has 0 atom stereocenters. The van der Waals surface area contributed by atoms with Gasteiger partial charge >= 0.3 is 0 Å². The Labute approximate surface area is 139 Å². The quantitative estimate of drug-likeness (QED) is 0.657. The van der Waals surface area contributed by atoms with Crippen molar-refractivity contribution in [1.82, 2.24) is 4.57 Å². The zero-order valence-corrected chi connectivity index (χ0v) is 14.2. The minimum absolute atomic E-state index is 0.244. The largest absolute Gasteiger partial charge is 0.319 e. The van der Waals surface area contributed by atoms with Crippen LogP contribution in [0.25, 0.3) is 16.3 Å². The number of hydrogen-bond acceptors (Lipinski definition) is 2. The number of fused-ring (bicyclic) bond motifs is 1. The summed E-state index contributed by atoms with van der Waals surface area (Å²) in [6, 6.07) is 14.0. The Kier molecular flexibility index (Phi) is 4.26. The fourth-order valence-corrected chi connectivity index (χ4v) is 3.70. The molecule has 23 heavy (non-hydrogen) atoms. The maximum Gasteiger partial charge on any atom is 0.272 e. The first kappa shape index (κ1) is 15.4. The van der Waals surface area contributed by atoms with Crippen molar-refractivity contribution < 1.29 is 4.79 Å². The summed E-state index contributed by atoms with van der Waals surface area (Å²) in [7, 11) is 1.96. The second kappa shape index (κ2) is 6.34. The summed E-state index contributed by atoms with van der Waals surface area (Å²) in [6.07, 6.45) is 3.30. The lowest BCUT2D eigenvalue weighted by Crippen LogP contribution is -2.12. The Hall–Kier alpha value is -2.46. The van der Waals surface area contributed by atoms with Gasteiger partial charge in [0.15, 0.2) is 4.80 Å². The predicted octanol–water partition coefficient (Wildman–Crippen LogP) is 4.00. The average Bonchev–Trinajstić information content (AvgIpc) is 2.88. The third kappa shape index (κ3) is 3.17. The fourth-order valence-electron chi connectivity index (χ4n) is 2.53. The number of rotatable bonds is 2. The molecule has 0 saturated carbocycles. The molecule has 0 spiro atoms. The molecule has 0 bridgehead atoms. The molecule has 4 heteroatoms. The fraction of sp³-hybridized carbons (Fsp3) is 0.158. The van der Waals surface area contributed by atoms with Gasteiger partial charge < -0.3 is 4.57 Å². The van der Waals surface area contributed by atoms with Crippen LogP contribution < -0.4 is 4.80 Å². The summed E-state index contributed by atoms with van der Waals surface area (Å²) in [5.74, 6) is -0.244. The van der Waals surface area contributed by atoms with E-state index in [9.17, 15) is 4.79 Å². The number of aromatic nitrogens is 1. The van der Waals surface area contributed by atoms with Crippen molar-refractivity contribution in [3.63, 3.8) is 0 Å². The van der Waals surface area contributed by atoms with Gasteiger partial charge in [0.2, 0.25) is 0 Å². The maximum absolute atomic E-state index is 12.1. The number of benzene rings is 2. The van der Waals surface area contributed by atoms with Gasteiger partial charge in [0.25, 0.3) is 5.91 Å². The first-order valence-electron chi connectivity index (χ1n) is 7.44. The van der Waals surface area contributed by atoms with Crippen LogP contribution in [0.4, 0.5) is 0 Å². The third-order valence-electron chi connectivity index (χ3n) is 3.77. The SMILES string of the molecule is Cc1ccc(C)c2c1sc(=NC(=O)C=Cc1ccccc1)n2C. The molecule has 2 aromatic carbocycles. The lowest BCUT2D eigenvalue weighted by Gasteiger charge is -2.01. The van der Waals surface area contributed by atoms with Crippen LogP contribution in [0.5, 0.6) is 0 Å². The van der Waals surface area contributed by atoms with Crippen molar-refractivity contribution in [2.45, 2.75) is 13.8 Å². The van der Waals surface area contributed by atoms with E-state index in [0.717, 1.165) is 15.9 Å². The van der Waals surface area contributed by atoms with Gasteiger partial charge in [0.05, 0.1) is 10.2 Å². The Bertz CT molecular complexity index is 962. The monoisotopic (exact) mass is 322 g/mol. The van der Waals surface area contributed by atoms with Gasteiger partial charge in [-0.3, -0.25) is 4.79 Å². The zero-order valence-electron chi connectivity index (χ0n) is 13.4. The van der Waals surface area contributed by atoms with Crippen molar-refractivity contribution >= 4 is 33.5 Å². The van der Waals surface area contributed by atoms with Crippen LogP contribution in [-0.2, 0) is 11.8 Å². The summed E-state index contributed by atoms with van der Waals surface area (Å²) in [6.45, 7) is 4.16. The van der Waals surface area contributed by atoms with Crippen LogP contribution in [0.3, 0.4) is 0 Å². The topological polar surface area (TPSA) is 34.4 Å². The number of carbonyl (C=O) groups is 1. The Morgan fingerprint density at radius 1 is 1.09 bits per heavy atom. The molecule has 0 fully saturated rings. The lowest BCUT2D eigenvalue weighted by molar-refractivity contribution is -0.113. The van der Waals surface area contributed by atoms with Gasteiger partial charge in [-0.05, 0) is 36.6 Å². The molecule has 3 rings (SSSR count). The van der Waals surface area contributed by atoms with E-state index in [1.165, 1.54) is 21.9 Å². The third-order valence-corrected chi connectivity index (χ3v) is 5.04. The highest BCUT2D eigenvalue weighted by atomic mass is 32.1. The van der Waals surface area contributed by atoms with E-state index in [1.807, 2.05) is 41.9 Å². The summed E-state index contributed by atoms with van der Waals surface area (Å²) >= 11 is 1.56. The van der Waals surface area contributed by atoms with Crippen LogP contribution in [0.1, 0.15) is 16.7 Å². The highest BCUT2D eigenvalue weighted by Gasteiger charge is 2.08. The molecular formula is C19H18N2OS. The second-order valence-corrected chi connectivity index (χ2v) is 6.49. The van der Waals surface area contributed by atoms with Crippen molar-refractivity contribution in [2.75, 3.05) is 0 Å². The summed E-state index contributed by atoms with van der Waals surface area (Å²) in [5, 5.41) is 0. The summed E-state index contributed by atoms with van der Waals surface area (Å²) in [5.41, 5.74) is 4.54. The molecule has 0 radical (unpaired) electrons. The highest BCUT2D eigenvalue weighted by Crippen LogP contribution is 2.23. The molecule has 1 heterocycles. The van der Waals surface area contributed by atoms with Gasteiger partial charge in [-0.1, -0.05) is 53.8 Å². The first-order chi connectivity index (χ1) is 11.1. The van der Waals surface area contributed by atoms with E-state index in [4.69, 9.17) is 0 Å². The maximum atomic E-state index is 12.1. The molecule has 3 nitrogen and oxygen atoms in total. The molecule has 0 saturated heterocycles. The van der Waals surface area contributed by atoms with E-state index in [2.05, 4.69) is 31.0 Å². The van der Waals surface area contributed by atoms with Crippen molar-refractivity contribution in [3.05, 3.63) is 70.0 Å². The Balaban J connectivity index is 2.00. The van der Waals surface area contributed by atoms with E-state index >= 15 is 0 Å². The smallest absolute Gasteiger partial charge is 0.272 e. The van der Waals surface area contributed by atoms with Gasteiger partial charge in [-0.25, -0.2) is 0 Å².